The minimum Gasteiger partial charge on any atom is -0.487 e. The molecule has 20 heavy (non-hydrogen) atoms. The fraction of sp³-hybridized carbons (Fsp3) is 0.154. The molecule has 0 aliphatic carbocycles. The lowest BCUT2D eigenvalue weighted by Gasteiger charge is -2.10. The zero-order chi connectivity index (χ0) is 14.5. The van der Waals surface area contributed by atoms with E-state index in [-0.39, 0.29) is 12.3 Å². The van der Waals surface area contributed by atoms with Gasteiger partial charge in [0.2, 0.25) is 0 Å². The van der Waals surface area contributed by atoms with Crippen molar-refractivity contribution < 1.29 is 9.66 Å². The number of halogens is 1. The Balaban J connectivity index is 2.18. The lowest BCUT2D eigenvalue weighted by molar-refractivity contribution is -0.385. The molecule has 0 saturated carbocycles. The second kappa shape index (κ2) is 6.33. The van der Waals surface area contributed by atoms with Gasteiger partial charge >= 0.3 is 0 Å². The van der Waals surface area contributed by atoms with Gasteiger partial charge in [-0.15, -0.1) is 0 Å². The first-order chi connectivity index (χ1) is 9.61. The van der Waals surface area contributed by atoms with Crippen LogP contribution in [-0.2, 0) is 6.61 Å². The van der Waals surface area contributed by atoms with E-state index < -0.39 is 4.92 Å². The largest absolute Gasteiger partial charge is 0.487 e. The van der Waals surface area contributed by atoms with E-state index in [0.29, 0.717) is 16.0 Å². The van der Waals surface area contributed by atoms with Crippen LogP contribution in [0.3, 0.4) is 0 Å². The highest BCUT2D eigenvalue weighted by Gasteiger charge is 2.11. The molecule has 1 N–H and O–H groups in total. The monoisotopic (exact) mass is 337 g/mol. The standard InChI is InChI=1S/C13H12BrN3O3/c1-15-13-9(3-2-6-16-13)8-20-12-7-10(17(18)19)4-5-11(12)14/h2-7H,8H2,1H3,(H,15,16). The van der Waals surface area contributed by atoms with E-state index in [9.17, 15) is 10.1 Å². The van der Waals surface area contributed by atoms with Gasteiger partial charge in [0, 0.05) is 24.9 Å². The molecule has 2 aromatic rings. The molecule has 0 unspecified atom stereocenters. The van der Waals surface area contributed by atoms with Crippen molar-refractivity contribution in [3.63, 3.8) is 0 Å². The van der Waals surface area contributed by atoms with Crippen molar-refractivity contribution in [3.05, 3.63) is 56.7 Å². The van der Waals surface area contributed by atoms with Crippen LogP contribution in [0, 0.1) is 10.1 Å². The normalized spacial score (nSPS) is 10.1. The van der Waals surface area contributed by atoms with Gasteiger partial charge in [-0.25, -0.2) is 4.98 Å². The quantitative estimate of drug-likeness (QED) is 0.668. The predicted octanol–water partition coefficient (Wildman–Crippen LogP) is 3.37. The Kier molecular flexibility index (Phi) is 4.52. The second-order valence-electron chi connectivity index (χ2n) is 3.92. The Morgan fingerprint density at radius 3 is 2.95 bits per heavy atom. The highest BCUT2D eigenvalue weighted by atomic mass is 79.9. The number of nitrogens with zero attached hydrogens (tertiary/aromatic N) is 2. The van der Waals surface area contributed by atoms with Crippen LogP contribution in [0.5, 0.6) is 5.75 Å². The summed E-state index contributed by atoms with van der Waals surface area (Å²) in [4.78, 5) is 14.5. The first kappa shape index (κ1) is 14.3. The highest BCUT2D eigenvalue weighted by molar-refractivity contribution is 9.10. The number of aromatic nitrogens is 1. The van der Waals surface area contributed by atoms with Crippen molar-refractivity contribution in [3.8, 4) is 5.75 Å². The molecule has 0 amide bonds. The van der Waals surface area contributed by atoms with Gasteiger partial charge in [0.15, 0.2) is 0 Å². The summed E-state index contributed by atoms with van der Waals surface area (Å²) in [5.41, 5.74) is 0.858. The van der Waals surface area contributed by atoms with Crippen molar-refractivity contribution in [1.29, 1.82) is 0 Å². The lowest BCUT2D eigenvalue weighted by atomic mass is 10.2. The summed E-state index contributed by atoms with van der Waals surface area (Å²) in [5.74, 6) is 1.14. The van der Waals surface area contributed by atoms with Crippen LogP contribution in [0.4, 0.5) is 11.5 Å². The van der Waals surface area contributed by atoms with E-state index >= 15 is 0 Å². The SMILES string of the molecule is CNc1ncccc1COc1cc([N+](=O)[O-])ccc1Br. The number of benzene rings is 1. The van der Waals surface area contributed by atoms with Crippen LogP contribution >= 0.6 is 15.9 Å². The van der Waals surface area contributed by atoms with Crippen LogP contribution in [0.1, 0.15) is 5.56 Å². The van der Waals surface area contributed by atoms with Crippen molar-refractivity contribution in [2.75, 3.05) is 12.4 Å². The summed E-state index contributed by atoms with van der Waals surface area (Å²) in [5, 5.41) is 13.7. The molecule has 0 spiro atoms. The maximum atomic E-state index is 10.8. The molecule has 6 nitrogen and oxygen atoms in total. The number of nitrogens with one attached hydrogen (secondary N) is 1. The molecule has 7 heteroatoms. The molecule has 0 atom stereocenters. The van der Waals surface area contributed by atoms with Gasteiger partial charge in [-0.2, -0.15) is 0 Å². The molecule has 0 fully saturated rings. The van der Waals surface area contributed by atoms with Crippen molar-refractivity contribution >= 4 is 27.4 Å². The Hall–Kier alpha value is -2.15. The second-order valence-corrected chi connectivity index (χ2v) is 4.78. The van der Waals surface area contributed by atoms with E-state index in [0.717, 1.165) is 5.56 Å². The molecule has 1 heterocycles. The average molecular weight is 338 g/mol. The third-order valence-electron chi connectivity index (χ3n) is 2.64. The molecule has 104 valence electrons. The molecule has 1 aromatic heterocycles. The zero-order valence-corrected chi connectivity index (χ0v) is 12.3. The number of nitro benzene ring substituents is 1. The summed E-state index contributed by atoms with van der Waals surface area (Å²) >= 11 is 3.31. The predicted molar refractivity (Wildman–Crippen MR) is 78.9 cm³/mol. The number of hydrogen-bond donors (Lipinski definition) is 1. The number of pyridine rings is 1. The molecule has 1 aromatic carbocycles. The van der Waals surface area contributed by atoms with Gasteiger partial charge in [-0.1, -0.05) is 6.07 Å². The van der Waals surface area contributed by atoms with E-state index in [2.05, 4.69) is 26.2 Å². The first-order valence-corrected chi connectivity index (χ1v) is 6.59. The summed E-state index contributed by atoms with van der Waals surface area (Å²) in [6.45, 7) is 0.268. The van der Waals surface area contributed by atoms with Crippen molar-refractivity contribution in [1.82, 2.24) is 4.98 Å². The van der Waals surface area contributed by atoms with E-state index in [1.54, 1.807) is 19.3 Å². The van der Waals surface area contributed by atoms with Gasteiger partial charge in [0.1, 0.15) is 18.2 Å². The summed E-state index contributed by atoms with van der Waals surface area (Å²) in [6.07, 6.45) is 1.68. The first-order valence-electron chi connectivity index (χ1n) is 5.80. The molecule has 0 bridgehead atoms. The van der Waals surface area contributed by atoms with Gasteiger partial charge in [-0.05, 0) is 28.1 Å². The van der Waals surface area contributed by atoms with Crippen LogP contribution in [0.25, 0.3) is 0 Å². The summed E-state index contributed by atoms with van der Waals surface area (Å²) in [7, 11) is 1.77. The number of non-ortho nitro benzene ring substituents is 1. The maximum Gasteiger partial charge on any atom is 0.273 e. The fourth-order valence-corrected chi connectivity index (χ4v) is 2.01. The van der Waals surface area contributed by atoms with Gasteiger partial charge in [-0.3, -0.25) is 10.1 Å². The van der Waals surface area contributed by atoms with Crippen LogP contribution < -0.4 is 10.1 Å². The lowest BCUT2D eigenvalue weighted by Crippen LogP contribution is -2.03. The third kappa shape index (κ3) is 3.24. The Bertz CT molecular complexity index is 634. The Morgan fingerprint density at radius 1 is 1.45 bits per heavy atom. The summed E-state index contributed by atoms with van der Waals surface area (Å²) < 4.78 is 6.29. The van der Waals surface area contributed by atoms with Crippen LogP contribution in [-0.4, -0.2) is 17.0 Å². The zero-order valence-electron chi connectivity index (χ0n) is 10.7. The van der Waals surface area contributed by atoms with Crippen molar-refractivity contribution in [2.24, 2.45) is 0 Å². The van der Waals surface area contributed by atoms with Crippen molar-refractivity contribution in [2.45, 2.75) is 6.61 Å². The summed E-state index contributed by atoms with van der Waals surface area (Å²) in [6, 6.07) is 8.08. The van der Waals surface area contributed by atoms with E-state index in [1.165, 1.54) is 12.1 Å². The van der Waals surface area contributed by atoms with Crippen LogP contribution in [0.2, 0.25) is 0 Å². The van der Waals surface area contributed by atoms with Gasteiger partial charge < -0.3 is 10.1 Å². The molecular formula is C13H12BrN3O3. The van der Waals surface area contributed by atoms with E-state index in [1.807, 2.05) is 12.1 Å². The molecule has 0 radical (unpaired) electrons. The topological polar surface area (TPSA) is 77.3 Å². The Labute approximate surface area is 124 Å². The third-order valence-corrected chi connectivity index (χ3v) is 3.29. The number of nitro groups is 1. The smallest absolute Gasteiger partial charge is 0.273 e. The molecule has 0 saturated heterocycles. The van der Waals surface area contributed by atoms with Gasteiger partial charge in [0.05, 0.1) is 15.5 Å². The number of rotatable bonds is 5. The van der Waals surface area contributed by atoms with E-state index in [4.69, 9.17) is 4.74 Å². The fourth-order valence-electron chi connectivity index (χ4n) is 1.65. The maximum absolute atomic E-state index is 10.8. The number of ether oxygens (including phenoxy) is 1. The molecular weight excluding hydrogens is 326 g/mol. The number of hydrogen-bond acceptors (Lipinski definition) is 5. The minimum atomic E-state index is -0.456. The average Bonchev–Trinajstić information content (AvgIpc) is 2.46. The van der Waals surface area contributed by atoms with Gasteiger partial charge in [0.25, 0.3) is 5.69 Å². The Morgan fingerprint density at radius 2 is 2.25 bits per heavy atom. The molecule has 0 aliphatic heterocycles. The highest BCUT2D eigenvalue weighted by Crippen LogP contribution is 2.30. The van der Waals surface area contributed by atoms with Crippen LogP contribution in [0.15, 0.2) is 41.0 Å². The molecule has 2 rings (SSSR count). The number of anilines is 1. The minimum absolute atomic E-state index is 0.0109. The molecule has 0 aliphatic rings.